The molecule has 0 saturated heterocycles. The number of hydrogen-bond acceptors (Lipinski definition) is 4. The zero-order valence-electron chi connectivity index (χ0n) is 38.7. The number of allylic oxidation sites excluding steroid dienone is 1. The van der Waals surface area contributed by atoms with Gasteiger partial charge in [-0.25, -0.2) is 0 Å². The van der Waals surface area contributed by atoms with Gasteiger partial charge in [-0.3, -0.25) is 4.79 Å². The van der Waals surface area contributed by atoms with E-state index in [0.717, 1.165) is 32.1 Å². The second kappa shape index (κ2) is 47.8. The molecule has 0 saturated carbocycles. The van der Waals surface area contributed by atoms with E-state index < -0.39 is 24.2 Å². The van der Waals surface area contributed by atoms with Crippen molar-refractivity contribution in [2.24, 2.45) is 0 Å². The molecule has 5 heteroatoms. The van der Waals surface area contributed by atoms with E-state index in [2.05, 4.69) is 19.2 Å². The maximum Gasteiger partial charge on any atom is 0.249 e. The van der Waals surface area contributed by atoms with Crippen LogP contribution >= 0.6 is 0 Å². The lowest BCUT2D eigenvalue weighted by Gasteiger charge is -2.21. The molecule has 3 atom stereocenters. The molecule has 0 rings (SSSR count). The van der Waals surface area contributed by atoms with Crippen LogP contribution in [0.2, 0.25) is 0 Å². The summed E-state index contributed by atoms with van der Waals surface area (Å²) in [5.41, 5.74) is 0. The van der Waals surface area contributed by atoms with Crippen LogP contribution in [-0.2, 0) is 4.79 Å². The van der Waals surface area contributed by atoms with E-state index in [1.54, 1.807) is 6.08 Å². The van der Waals surface area contributed by atoms with Crippen molar-refractivity contribution in [1.82, 2.24) is 5.32 Å². The Morgan fingerprint density at radius 1 is 0.421 bits per heavy atom. The number of rotatable bonds is 48. The molecule has 0 aromatic heterocycles. The topological polar surface area (TPSA) is 89.8 Å². The standard InChI is InChI=1S/C52H103NO4/c1-3-5-7-9-11-13-15-17-18-19-20-21-22-23-24-25-26-27-28-29-30-31-32-33-34-35-37-39-41-43-45-47-51(56)52(57)53-49(48-54)50(55)46-44-42-40-38-36-16-14-12-10-8-6-4-2/h44,46,49-51,54-56H,3-43,45,47-48H2,1-2H3,(H,53,57)/b46-44+. The molecule has 0 fully saturated rings. The maximum atomic E-state index is 12.5. The summed E-state index contributed by atoms with van der Waals surface area (Å²) < 4.78 is 0. The molecule has 340 valence electrons. The predicted molar refractivity (Wildman–Crippen MR) is 250 cm³/mol. The first kappa shape index (κ1) is 56.1. The summed E-state index contributed by atoms with van der Waals surface area (Å²) >= 11 is 0. The van der Waals surface area contributed by atoms with E-state index in [1.807, 2.05) is 6.08 Å². The first-order valence-electron chi connectivity index (χ1n) is 26.0. The first-order valence-corrected chi connectivity index (χ1v) is 26.0. The minimum absolute atomic E-state index is 0.359. The van der Waals surface area contributed by atoms with E-state index >= 15 is 0 Å². The molecular formula is C52H103NO4. The summed E-state index contributed by atoms with van der Waals surface area (Å²) in [5.74, 6) is -0.498. The third-order valence-electron chi connectivity index (χ3n) is 12.4. The van der Waals surface area contributed by atoms with Crippen LogP contribution in [0.25, 0.3) is 0 Å². The highest BCUT2D eigenvalue weighted by molar-refractivity contribution is 5.80. The summed E-state index contributed by atoms with van der Waals surface area (Å²) in [6.45, 7) is 4.20. The van der Waals surface area contributed by atoms with Crippen molar-refractivity contribution in [2.75, 3.05) is 6.61 Å². The van der Waals surface area contributed by atoms with Crippen molar-refractivity contribution in [3.63, 3.8) is 0 Å². The average Bonchev–Trinajstić information content (AvgIpc) is 3.22. The molecule has 4 N–H and O–H groups in total. The highest BCUT2D eigenvalue weighted by Crippen LogP contribution is 2.18. The second-order valence-electron chi connectivity index (χ2n) is 18.1. The first-order chi connectivity index (χ1) is 28.1. The Balaban J connectivity index is 3.46. The monoisotopic (exact) mass is 806 g/mol. The van der Waals surface area contributed by atoms with Gasteiger partial charge >= 0.3 is 0 Å². The van der Waals surface area contributed by atoms with Crippen molar-refractivity contribution >= 4 is 5.91 Å². The normalized spacial score (nSPS) is 13.4. The fourth-order valence-corrected chi connectivity index (χ4v) is 8.31. The molecule has 0 heterocycles. The van der Waals surface area contributed by atoms with Gasteiger partial charge < -0.3 is 20.6 Å². The fraction of sp³-hybridized carbons (Fsp3) is 0.942. The quantitative estimate of drug-likeness (QED) is 0.0364. The highest BCUT2D eigenvalue weighted by atomic mass is 16.3. The third-order valence-corrected chi connectivity index (χ3v) is 12.4. The fourth-order valence-electron chi connectivity index (χ4n) is 8.31. The van der Waals surface area contributed by atoms with Gasteiger partial charge in [0, 0.05) is 0 Å². The van der Waals surface area contributed by atoms with Crippen LogP contribution in [0.3, 0.4) is 0 Å². The summed E-state index contributed by atoms with van der Waals surface area (Å²) in [6, 6.07) is -0.792. The Labute approximate surface area is 357 Å². The lowest BCUT2D eigenvalue weighted by molar-refractivity contribution is -0.131. The summed E-state index contributed by atoms with van der Waals surface area (Å²) in [4.78, 5) is 12.5. The number of unbranched alkanes of at least 4 members (excludes halogenated alkanes) is 40. The van der Waals surface area contributed by atoms with E-state index in [0.29, 0.717) is 6.42 Å². The van der Waals surface area contributed by atoms with Gasteiger partial charge in [-0.1, -0.05) is 283 Å². The Morgan fingerprint density at radius 3 is 0.965 bits per heavy atom. The number of amides is 1. The van der Waals surface area contributed by atoms with Gasteiger partial charge in [0.05, 0.1) is 18.8 Å². The van der Waals surface area contributed by atoms with Gasteiger partial charge in [-0.2, -0.15) is 0 Å². The van der Waals surface area contributed by atoms with Crippen LogP contribution < -0.4 is 5.32 Å². The molecule has 0 spiro atoms. The minimum Gasteiger partial charge on any atom is -0.394 e. The molecule has 1 amide bonds. The number of nitrogens with one attached hydrogen (secondary N) is 1. The van der Waals surface area contributed by atoms with Crippen LogP contribution in [0.1, 0.15) is 290 Å². The summed E-state index contributed by atoms with van der Waals surface area (Å²) in [7, 11) is 0. The SMILES string of the molecule is CCCCCCCCCCCC/C=C/C(O)C(CO)NC(=O)C(O)CCCCCCCCCCCCCCCCCCCCCCCCCCCCCCCCC. The average molecular weight is 806 g/mol. The number of carbonyl (C=O) groups is 1. The number of aliphatic hydroxyl groups excluding tert-OH is 3. The van der Waals surface area contributed by atoms with Gasteiger partial charge in [0.2, 0.25) is 5.91 Å². The van der Waals surface area contributed by atoms with Gasteiger partial charge in [0.25, 0.3) is 0 Å². The molecule has 0 radical (unpaired) electrons. The van der Waals surface area contributed by atoms with E-state index in [4.69, 9.17) is 0 Å². The van der Waals surface area contributed by atoms with Crippen LogP contribution in [0.4, 0.5) is 0 Å². The Morgan fingerprint density at radius 2 is 0.684 bits per heavy atom. The molecule has 0 bridgehead atoms. The second-order valence-corrected chi connectivity index (χ2v) is 18.1. The summed E-state index contributed by atoms with van der Waals surface area (Å²) in [6.07, 6.45) is 58.6. The summed E-state index contributed by atoms with van der Waals surface area (Å²) in [5, 5.41) is 33.2. The van der Waals surface area contributed by atoms with Gasteiger partial charge in [-0.05, 0) is 19.3 Å². The molecule has 3 unspecified atom stereocenters. The maximum absolute atomic E-state index is 12.5. The van der Waals surface area contributed by atoms with Crippen molar-refractivity contribution in [1.29, 1.82) is 0 Å². The lowest BCUT2D eigenvalue weighted by atomic mass is 10.0. The third kappa shape index (κ3) is 43.0. The Kier molecular flexibility index (Phi) is 47.0. The van der Waals surface area contributed by atoms with Crippen LogP contribution in [0.15, 0.2) is 12.2 Å². The molecule has 0 aliphatic rings. The van der Waals surface area contributed by atoms with Crippen molar-refractivity contribution in [3.8, 4) is 0 Å². The van der Waals surface area contributed by atoms with Crippen molar-refractivity contribution in [3.05, 3.63) is 12.2 Å². The molecule has 0 aliphatic carbocycles. The molecule has 5 nitrogen and oxygen atoms in total. The molecule has 0 aromatic rings. The zero-order valence-corrected chi connectivity index (χ0v) is 38.7. The van der Waals surface area contributed by atoms with Gasteiger partial charge in [0.1, 0.15) is 6.10 Å². The Hall–Kier alpha value is -0.910. The number of aliphatic hydroxyl groups is 3. The molecule has 0 aromatic carbocycles. The van der Waals surface area contributed by atoms with Crippen molar-refractivity contribution < 1.29 is 20.1 Å². The van der Waals surface area contributed by atoms with E-state index in [9.17, 15) is 20.1 Å². The van der Waals surface area contributed by atoms with E-state index in [1.165, 1.54) is 238 Å². The predicted octanol–water partition coefficient (Wildman–Crippen LogP) is 15.6. The minimum atomic E-state index is -1.09. The van der Waals surface area contributed by atoms with Crippen molar-refractivity contribution in [2.45, 2.75) is 308 Å². The van der Waals surface area contributed by atoms with Crippen LogP contribution in [0, 0.1) is 0 Å². The number of hydrogen-bond donors (Lipinski definition) is 4. The van der Waals surface area contributed by atoms with Crippen LogP contribution in [0.5, 0.6) is 0 Å². The largest absolute Gasteiger partial charge is 0.394 e. The van der Waals surface area contributed by atoms with Gasteiger partial charge in [0.15, 0.2) is 0 Å². The smallest absolute Gasteiger partial charge is 0.249 e. The molecule has 57 heavy (non-hydrogen) atoms. The molecular weight excluding hydrogens is 703 g/mol. The Bertz CT molecular complexity index is 803. The number of carbonyl (C=O) groups excluding carboxylic acids is 1. The molecule has 0 aliphatic heterocycles. The van der Waals surface area contributed by atoms with Crippen LogP contribution in [-0.4, -0.2) is 46.1 Å². The lowest BCUT2D eigenvalue weighted by Crippen LogP contribution is -2.48. The van der Waals surface area contributed by atoms with E-state index in [-0.39, 0.29) is 6.61 Å². The highest BCUT2D eigenvalue weighted by Gasteiger charge is 2.22. The van der Waals surface area contributed by atoms with Gasteiger partial charge in [-0.15, -0.1) is 0 Å². The zero-order chi connectivity index (χ0) is 41.5.